The fourth-order valence-corrected chi connectivity index (χ4v) is 2.20. The van der Waals surface area contributed by atoms with E-state index in [9.17, 15) is 4.39 Å². The van der Waals surface area contributed by atoms with Crippen molar-refractivity contribution in [3.63, 3.8) is 0 Å². The Labute approximate surface area is 128 Å². The lowest BCUT2D eigenvalue weighted by molar-refractivity contribution is 0.299. The highest BCUT2D eigenvalue weighted by Gasteiger charge is 2.06. The Hall–Kier alpha value is -2.28. The summed E-state index contributed by atoms with van der Waals surface area (Å²) in [5, 5.41) is 10.9. The molecule has 2 aromatic carbocycles. The summed E-state index contributed by atoms with van der Waals surface area (Å²) in [6.45, 7) is 0.162. The summed E-state index contributed by atoms with van der Waals surface area (Å²) in [6.07, 6.45) is 1.51. The van der Waals surface area contributed by atoms with E-state index in [1.807, 2.05) is 12.1 Å². The first-order chi connectivity index (χ1) is 10.2. The van der Waals surface area contributed by atoms with Crippen LogP contribution in [0.2, 0.25) is 0 Å². The van der Waals surface area contributed by atoms with Crippen molar-refractivity contribution in [2.75, 3.05) is 0 Å². The fourth-order valence-electron chi connectivity index (χ4n) is 1.80. The van der Waals surface area contributed by atoms with Crippen molar-refractivity contribution < 1.29 is 9.13 Å². The second-order valence-corrected chi connectivity index (χ2v) is 5.10. The molecule has 21 heavy (non-hydrogen) atoms. The highest BCUT2D eigenvalue weighted by Crippen LogP contribution is 2.21. The molecule has 0 saturated heterocycles. The van der Waals surface area contributed by atoms with Crippen LogP contribution in [0.4, 0.5) is 4.39 Å². The summed E-state index contributed by atoms with van der Waals surface area (Å²) >= 11 is 3.15. The van der Waals surface area contributed by atoms with E-state index in [1.54, 1.807) is 30.3 Å². The van der Waals surface area contributed by atoms with Gasteiger partial charge in [0, 0.05) is 5.56 Å². The number of hydrogen-bond acceptors (Lipinski definition) is 4. The lowest BCUT2D eigenvalue weighted by Crippen LogP contribution is -2.00. The highest BCUT2D eigenvalue weighted by atomic mass is 79.9. The molecule has 0 N–H and O–H groups in total. The number of aromatic nitrogens is 4. The largest absolute Gasteiger partial charge is 0.489 e. The SMILES string of the molecule is Fc1c(Br)cccc1COc1ccc(-n2cnnn2)cc1. The smallest absolute Gasteiger partial charge is 0.143 e. The second-order valence-electron chi connectivity index (χ2n) is 4.25. The molecular formula is C14H10BrFN4O. The van der Waals surface area contributed by atoms with E-state index in [0.717, 1.165) is 5.69 Å². The van der Waals surface area contributed by atoms with Crippen LogP contribution in [0.1, 0.15) is 5.56 Å². The molecule has 1 heterocycles. The summed E-state index contributed by atoms with van der Waals surface area (Å²) < 4.78 is 21.3. The predicted octanol–water partition coefficient (Wildman–Crippen LogP) is 3.14. The number of nitrogens with zero attached hydrogens (tertiary/aromatic N) is 4. The lowest BCUT2D eigenvalue weighted by atomic mass is 10.2. The minimum atomic E-state index is -0.303. The first-order valence-electron chi connectivity index (χ1n) is 6.13. The maximum atomic E-state index is 13.8. The average Bonchev–Trinajstić information content (AvgIpc) is 3.04. The van der Waals surface area contributed by atoms with E-state index in [2.05, 4.69) is 31.5 Å². The minimum absolute atomic E-state index is 0.162. The van der Waals surface area contributed by atoms with E-state index in [4.69, 9.17) is 4.74 Å². The van der Waals surface area contributed by atoms with Crippen molar-refractivity contribution in [3.05, 3.63) is 64.6 Å². The van der Waals surface area contributed by atoms with Crippen molar-refractivity contribution >= 4 is 15.9 Å². The van der Waals surface area contributed by atoms with Gasteiger partial charge in [0.15, 0.2) is 0 Å². The van der Waals surface area contributed by atoms with Gasteiger partial charge >= 0.3 is 0 Å². The van der Waals surface area contributed by atoms with Crippen molar-refractivity contribution in [3.8, 4) is 11.4 Å². The number of rotatable bonds is 4. The number of hydrogen-bond donors (Lipinski definition) is 0. The zero-order valence-electron chi connectivity index (χ0n) is 10.8. The summed E-state index contributed by atoms with van der Waals surface area (Å²) in [5.74, 6) is 0.342. The van der Waals surface area contributed by atoms with E-state index in [0.29, 0.717) is 15.8 Å². The Morgan fingerprint density at radius 1 is 1.14 bits per heavy atom. The summed E-state index contributed by atoms with van der Waals surface area (Å²) in [4.78, 5) is 0. The van der Waals surface area contributed by atoms with Crippen LogP contribution in [-0.2, 0) is 6.61 Å². The van der Waals surface area contributed by atoms with Crippen LogP contribution in [0.5, 0.6) is 5.75 Å². The van der Waals surface area contributed by atoms with Crippen LogP contribution in [0, 0.1) is 5.82 Å². The molecule has 7 heteroatoms. The molecule has 0 unspecified atom stereocenters. The third kappa shape index (κ3) is 3.08. The molecule has 0 aliphatic rings. The fraction of sp³-hybridized carbons (Fsp3) is 0.0714. The molecule has 0 atom stereocenters. The Kier molecular flexibility index (Phi) is 3.92. The molecule has 3 aromatic rings. The molecule has 0 spiro atoms. The molecule has 0 amide bonds. The monoisotopic (exact) mass is 348 g/mol. The molecule has 5 nitrogen and oxygen atoms in total. The maximum absolute atomic E-state index is 13.8. The first-order valence-corrected chi connectivity index (χ1v) is 6.92. The van der Waals surface area contributed by atoms with Crippen LogP contribution in [-0.4, -0.2) is 20.2 Å². The standard InChI is InChI=1S/C14H10BrFN4O/c15-13-3-1-2-10(14(13)16)8-21-12-6-4-11(5-7-12)20-9-17-18-19-20/h1-7,9H,8H2. The average molecular weight is 349 g/mol. The normalized spacial score (nSPS) is 10.6. The zero-order valence-corrected chi connectivity index (χ0v) is 12.4. The molecule has 0 aliphatic heterocycles. The van der Waals surface area contributed by atoms with Gasteiger partial charge in [-0.25, -0.2) is 9.07 Å². The molecule has 0 fully saturated rings. The molecular weight excluding hydrogens is 339 g/mol. The van der Waals surface area contributed by atoms with Gasteiger partial charge in [-0.1, -0.05) is 12.1 Å². The van der Waals surface area contributed by atoms with Gasteiger partial charge < -0.3 is 4.74 Å². The molecule has 0 saturated carbocycles. The van der Waals surface area contributed by atoms with Crippen LogP contribution in [0.25, 0.3) is 5.69 Å². The zero-order chi connectivity index (χ0) is 14.7. The summed E-state index contributed by atoms with van der Waals surface area (Å²) in [6, 6.07) is 12.3. The molecule has 0 bridgehead atoms. The van der Waals surface area contributed by atoms with Gasteiger partial charge in [0.2, 0.25) is 0 Å². The lowest BCUT2D eigenvalue weighted by Gasteiger charge is -2.08. The Morgan fingerprint density at radius 3 is 2.67 bits per heavy atom. The number of halogens is 2. The van der Waals surface area contributed by atoms with Crippen molar-refractivity contribution in [2.24, 2.45) is 0 Å². The van der Waals surface area contributed by atoms with Gasteiger partial charge in [0.05, 0.1) is 10.2 Å². The predicted molar refractivity (Wildman–Crippen MR) is 77.6 cm³/mol. The van der Waals surface area contributed by atoms with Gasteiger partial charge in [0.25, 0.3) is 0 Å². The van der Waals surface area contributed by atoms with Gasteiger partial charge in [-0.2, -0.15) is 0 Å². The van der Waals surface area contributed by atoms with E-state index >= 15 is 0 Å². The van der Waals surface area contributed by atoms with Crippen molar-refractivity contribution in [2.45, 2.75) is 6.61 Å². The van der Waals surface area contributed by atoms with Crippen LogP contribution in [0.3, 0.4) is 0 Å². The Balaban J connectivity index is 1.70. The Morgan fingerprint density at radius 2 is 1.95 bits per heavy atom. The summed E-state index contributed by atoms with van der Waals surface area (Å²) in [5.41, 5.74) is 1.31. The number of tetrazole rings is 1. The van der Waals surface area contributed by atoms with Crippen LogP contribution >= 0.6 is 15.9 Å². The third-order valence-electron chi connectivity index (χ3n) is 2.88. The Bertz CT molecular complexity index is 731. The van der Waals surface area contributed by atoms with Crippen LogP contribution < -0.4 is 4.74 Å². The molecule has 1 aromatic heterocycles. The first kappa shape index (κ1) is 13.7. The van der Waals surface area contributed by atoms with E-state index in [-0.39, 0.29) is 12.4 Å². The molecule has 106 valence electrons. The topological polar surface area (TPSA) is 52.8 Å². The number of benzene rings is 2. The van der Waals surface area contributed by atoms with Gasteiger partial charge in [-0.3, -0.25) is 0 Å². The summed E-state index contributed by atoms with van der Waals surface area (Å²) in [7, 11) is 0. The second kappa shape index (κ2) is 6.01. The molecule has 0 radical (unpaired) electrons. The third-order valence-corrected chi connectivity index (χ3v) is 3.49. The van der Waals surface area contributed by atoms with E-state index in [1.165, 1.54) is 11.0 Å². The minimum Gasteiger partial charge on any atom is -0.489 e. The molecule has 0 aliphatic carbocycles. The van der Waals surface area contributed by atoms with Crippen LogP contribution in [0.15, 0.2) is 53.3 Å². The van der Waals surface area contributed by atoms with Gasteiger partial charge in [0.1, 0.15) is 24.5 Å². The van der Waals surface area contributed by atoms with Gasteiger partial charge in [-0.05, 0) is 56.7 Å². The maximum Gasteiger partial charge on any atom is 0.143 e. The highest BCUT2D eigenvalue weighted by molar-refractivity contribution is 9.10. The molecule has 3 rings (SSSR count). The quantitative estimate of drug-likeness (QED) is 0.726. The number of ether oxygens (including phenoxy) is 1. The van der Waals surface area contributed by atoms with Crippen molar-refractivity contribution in [1.82, 2.24) is 20.2 Å². The van der Waals surface area contributed by atoms with Gasteiger partial charge in [-0.15, -0.1) is 5.10 Å². The van der Waals surface area contributed by atoms with E-state index < -0.39 is 0 Å². The van der Waals surface area contributed by atoms with Crippen molar-refractivity contribution in [1.29, 1.82) is 0 Å².